The molecule has 2 amide bonds. The molecule has 4 rings (SSSR count). The zero-order valence-corrected chi connectivity index (χ0v) is 16.9. The van der Waals surface area contributed by atoms with E-state index in [0.29, 0.717) is 18.2 Å². The Hall–Kier alpha value is -3.04. The quantitative estimate of drug-likeness (QED) is 0.654. The molecule has 0 saturated carbocycles. The van der Waals surface area contributed by atoms with E-state index < -0.39 is 27.8 Å². The Morgan fingerprint density at radius 1 is 0.900 bits per heavy atom. The minimum absolute atomic E-state index is 0.0639. The Kier molecular flexibility index (Phi) is 5.40. The van der Waals surface area contributed by atoms with Crippen LogP contribution in [0.1, 0.15) is 45.5 Å². The molecule has 0 N–H and O–H groups in total. The van der Waals surface area contributed by atoms with Gasteiger partial charge in [0.1, 0.15) is 0 Å². The Morgan fingerprint density at radius 2 is 1.47 bits per heavy atom. The van der Waals surface area contributed by atoms with Gasteiger partial charge in [0.25, 0.3) is 11.8 Å². The van der Waals surface area contributed by atoms with E-state index in [1.165, 1.54) is 28.6 Å². The fraction of sp³-hybridized carbons (Fsp3) is 0.286. The van der Waals surface area contributed by atoms with Crippen molar-refractivity contribution in [1.29, 1.82) is 0 Å². The molecule has 8 nitrogen and oxygen atoms in total. The molecule has 0 atom stereocenters. The number of hydrogen-bond acceptors (Lipinski definition) is 6. The second-order valence-corrected chi connectivity index (χ2v) is 9.11. The summed E-state index contributed by atoms with van der Waals surface area (Å²) >= 11 is 0. The fourth-order valence-corrected chi connectivity index (χ4v) is 5.07. The van der Waals surface area contributed by atoms with Gasteiger partial charge in [0, 0.05) is 13.1 Å². The summed E-state index contributed by atoms with van der Waals surface area (Å²) in [4.78, 5) is 41.8. The monoisotopic (exact) mass is 428 g/mol. The average molecular weight is 428 g/mol. The van der Waals surface area contributed by atoms with Crippen LogP contribution in [0.2, 0.25) is 0 Å². The van der Waals surface area contributed by atoms with E-state index in [-0.39, 0.29) is 28.9 Å². The molecule has 30 heavy (non-hydrogen) atoms. The molecule has 0 aromatic heterocycles. The van der Waals surface area contributed by atoms with Gasteiger partial charge >= 0.3 is 5.97 Å². The second kappa shape index (κ2) is 8.00. The van der Waals surface area contributed by atoms with Crippen LogP contribution in [-0.2, 0) is 26.1 Å². The summed E-state index contributed by atoms with van der Waals surface area (Å²) in [5.41, 5.74) is 1.14. The lowest BCUT2D eigenvalue weighted by Gasteiger charge is -2.15. The van der Waals surface area contributed by atoms with Crippen LogP contribution < -0.4 is 0 Å². The Bertz CT molecular complexity index is 1070. The highest BCUT2D eigenvalue weighted by molar-refractivity contribution is 7.89. The van der Waals surface area contributed by atoms with Crippen molar-refractivity contribution in [3.8, 4) is 0 Å². The van der Waals surface area contributed by atoms with Gasteiger partial charge in [-0.15, -0.1) is 0 Å². The molecule has 1 saturated heterocycles. The normalized spacial score (nSPS) is 16.7. The van der Waals surface area contributed by atoms with Gasteiger partial charge in [-0.05, 0) is 49.1 Å². The van der Waals surface area contributed by atoms with Gasteiger partial charge in [-0.2, -0.15) is 4.31 Å². The van der Waals surface area contributed by atoms with Gasteiger partial charge in [-0.1, -0.05) is 29.3 Å². The number of rotatable bonds is 6. The number of fused-ring (bicyclic) bond motifs is 1. The summed E-state index contributed by atoms with van der Waals surface area (Å²) in [6.07, 6.45) is 1.96. The molecular weight excluding hydrogens is 408 g/mol. The number of carbonyl (C=O) groups excluding carboxylic acids is 3. The lowest BCUT2D eigenvalue weighted by molar-refractivity contribution is -0.168. The zero-order valence-electron chi connectivity index (χ0n) is 16.1. The van der Waals surface area contributed by atoms with Crippen molar-refractivity contribution in [2.45, 2.75) is 30.6 Å². The van der Waals surface area contributed by atoms with Gasteiger partial charge < -0.3 is 4.84 Å². The summed E-state index contributed by atoms with van der Waals surface area (Å²) in [6.45, 7) is 1.07. The van der Waals surface area contributed by atoms with E-state index in [1.807, 2.05) is 0 Å². The summed E-state index contributed by atoms with van der Waals surface area (Å²) in [5.74, 6) is -2.06. The first-order valence-electron chi connectivity index (χ1n) is 9.65. The molecule has 0 radical (unpaired) electrons. The van der Waals surface area contributed by atoms with Crippen molar-refractivity contribution in [2.75, 3.05) is 13.1 Å². The van der Waals surface area contributed by atoms with Crippen LogP contribution in [-0.4, -0.2) is 48.7 Å². The highest BCUT2D eigenvalue weighted by Crippen LogP contribution is 2.24. The Labute approximate surface area is 174 Å². The molecule has 2 aliphatic rings. The van der Waals surface area contributed by atoms with E-state index in [0.717, 1.165) is 18.4 Å². The molecule has 1 fully saturated rings. The number of aryl methyl sites for hydroxylation is 1. The molecule has 2 aromatic rings. The third kappa shape index (κ3) is 3.73. The van der Waals surface area contributed by atoms with Crippen molar-refractivity contribution < 1.29 is 27.6 Å². The highest BCUT2D eigenvalue weighted by Gasteiger charge is 2.38. The predicted molar refractivity (Wildman–Crippen MR) is 106 cm³/mol. The maximum absolute atomic E-state index is 12.5. The maximum Gasteiger partial charge on any atom is 0.333 e. The first kappa shape index (κ1) is 20.2. The van der Waals surface area contributed by atoms with Crippen LogP contribution in [0.3, 0.4) is 0 Å². The van der Waals surface area contributed by atoms with E-state index in [4.69, 9.17) is 4.84 Å². The predicted octanol–water partition coefficient (Wildman–Crippen LogP) is 2.16. The average Bonchev–Trinajstić information content (AvgIpc) is 3.38. The highest BCUT2D eigenvalue weighted by atomic mass is 32.2. The van der Waals surface area contributed by atoms with Crippen LogP contribution in [0.25, 0.3) is 0 Å². The van der Waals surface area contributed by atoms with E-state index in [9.17, 15) is 22.8 Å². The smallest absolute Gasteiger partial charge is 0.330 e. The second-order valence-electron chi connectivity index (χ2n) is 7.17. The van der Waals surface area contributed by atoms with Crippen molar-refractivity contribution in [3.05, 3.63) is 65.2 Å². The molecule has 2 aromatic carbocycles. The first-order chi connectivity index (χ1) is 14.4. The number of benzene rings is 2. The minimum atomic E-state index is -3.48. The van der Waals surface area contributed by atoms with Gasteiger partial charge in [0.15, 0.2) is 0 Å². The van der Waals surface area contributed by atoms with Gasteiger partial charge in [-0.3, -0.25) is 9.59 Å². The molecule has 0 unspecified atom stereocenters. The van der Waals surface area contributed by atoms with Gasteiger partial charge in [0.05, 0.1) is 22.4 Å². The molecule has 156 valence electrons. The lowest BCUT2D eigenvalue weighted by atomic mass is 10.1. The molecule has 0 aliphatic carbocycles. The zero-order chi connectivity index (χ0) is 21.3. The Balaban J connectivity index is 1.35. The standard InChI is InChI=1S/C21H20N2O6S/c24-19(29-23-20(25)17-5-1-2-6-18(17)21(23)26)12-9-15-7-10-16(11-8-15)30(27,28)22-13-3-4-14-22/h1-2,5-8,10-11H,3-4,9,12-14H2. The van der Waals surface area contributed by atoms with E-state index >= 15 is 0 Å². The number of imide groups is 1. The van der Waals surface area contributed by atoms with Crippen molar-refractivity contribution in [3.63, 3.8) is 0 Å². The maximum atomic E-state index is 12.5. The number of sulfonamides is 1. The summed E-state index contributed by atoms with van der Waals surface area (Å²) in [7, 11) is -3.48. The summed E-state index contributed by atoms with van der Waals surface area (Å²) in [6, 6.07) is 12.6. The summed E-state index contributed by atoms with van der Waals surface area (Å²) in [5, 5.41) is 0.485. The lowest BCUT2D eigenvalue weighted by Crippen LogP contribution is -2.32. The van der Waals surface area contributed by atoms with Crippen LogP contribution >= 0.6 is 0 Å². The third-order valence-electron chi connectivity index (χ3n) is 5.19. The van der Waals surface area contributed by atoms with E-state index in [2.05, 4.69) is 0 Å². The van der Waals surface area contributed by atoms with Gasteiger partial charge in [0.2, 0.25) is 10.0 Å². The largest absolute Gasteiger partial charge is 0.333 e. The van der Waals surface area contributed by atoms with Crippen LogP contribution in [0, 0.1) is 0 Å². The molecular formula is C21H20N2O6S. The molecule has 0 spiro atoms. The number of amides is 2. The molecule has 2 aliphatic heterocycles. The molecule has 2 heterocycles. The number of carbonyl (C=O) groups is 3. The third-order valence-corrected chi connectivity index (χ3v) is 7.11. The summed E-state index contributed by atoms with van der Waals surface area (Å²) < 4.78 is 26.6. The number of hydrogen-bond donors (Lipinski definition) is 0. The Morgan fingerprint density at radius 3 is 2.03 bits per heavy atom. The number of hydroxylamine groups is 2. The van der Waals surface area contributed by atoms with Gasteiger partial charge in [-0.25, -0.2) is 13.2 Å². The molecule has 0 bridgehead atoms. The minimum Gasteiger partial charge on any atom is -0.330 e. The number of nitrogens with zero attached hydrogens (tertiary/aromatic N) is 2. The van der Waals surface area contributed by atoms with Crippen molar-refractivity contribution in [1.82, 2.24) is 9.37 Å². The van der Waals surface area contributed by atoms with Crippen molar-refractivity contribution >= 4 is 27.8 Å². The molecule has 9 heteroatoms. The van der Waals surface area contributed by atoms with Crippen LogP contribution in [0.15, 0.2) is 53.4 Å². The topological polar surface area (TPSA) is 101 Å². The van der Waals surface area contributed by atoms with Crippen LogP contribution in [0.5, 0.6) is 0 Å². The van der Waals surface area contributed by atoms with E-state index in [1.54, 1.807) is 24.3 Å². The SMILES string of the molecule is O=C(CCc1ccc(S(=O)(=O)N2CCCC2)cc1)ON1C(=O)c2ccccc2C1=O. The fourth-order valence-electron chi connectivity index (χ4n) is 3.55. The van der Waals surface area contributed by atoms with Crippen molar-refractivity contribution in [2.24, 2.45) is 0 Å². The first-order valence-corrected chi connectivity index (χ1v) is 11.1. The van der Waals surface area contributed by atoms with Crippen LogP contribution in [0.4, 0.5) is 0 Å².